The fraction of sp³-hybridized carbons (Fsp3) is 0.389. The van der Waals surface area contributed by atoms with Gasteiger partial charge in [0.1, 0.15) is 5.75 Å². The van der Waals surface area contributed by atoms with Crippen LogP contribution in [-0.2, 0) is 0 Å². The highest BCUT2D eigenvalue weighted by molar-refractivity contribution is 5.93. The fourth-order valence-electron chi connectivity index (χ4n) is 3.03. The summed E-state index contributed by atoms with van der Waals surface area (Å²) in [7, 11) is 0. The number of amides is 1. The number of nitrogens with zero attached hydrogens (tertiary/aromatic N) is 1. The fourth-order valence-corrected chi connectivity index (χ4v) is 3.03. The van der Waals surface area contributed by atoms with Gasteiger partial charge in [-0.3, -0.25) is 4.79 Å². The first-order valence-corrected chi connectivity index (χ1v) is 7.78. The van der Waals surface area contributed by atoms with Gasteiger partial charge in [0.05, 0.1) is 18.9 Å². The average Bonchev–Trinajstić information content (AvgIpc) is 3.16. The van der Waals surface area contributed by atoms with Crippen molar-refractivity contribution >= 4 is 5.91 Å². The summed E-state index contributed by atoms with van der Waals surface area (Å²) in [6.45, 7) is 5.30. The molecule has 1 aromatic carbocycles. The van der Waals surface area contributed by atoms with Gasteiger partial charge in [-0.15, -0.1) is 0 Å². The summed E-state index contributed by atoms with van der Waals surface area (Å²) in [6, 6.07) is 9.99. The van der Waals surface area contributed by atoms with Crippen LogP contribution in [-0.4, -0.2) is 24.0 Å². The van der Waals surface area contributed by atoms with Crippen LogP contribution in [0, 0.1) is 6.92 Å². The summed E-state index contributed by atoms with van der Waals surface area (Å²) >= 11 is 0. The van der Waals surface area contributed by atoms with Crippen molar-refractivity contribution in [1.82, 2.24) is 4.90 Å². The zero-order valence-corrected chi connectivity index (χ0v) is 13.0. The molecule has 1 unspecified atom stereocenters. The van der Waals surface area contributed by atoms with Crippen molar-refractivity contribution in [2.24, 2.45) is 0 Å². The molecule has 1 aliphatic rings. The molecule has 3 rings (SSSR count). The number of furan rings is 1. The minimum atomic E-state index is -0.0149. The zero-order chi connectivity index (χ0) is 15.5. The maximum Gasteiger partial charge on any atom is 0.290 e. The number of likely N-dealkylation sites (tertiary alicyclic amines) is 1. The van der Waals surface area contributed by atoms with Crippen molar-refractivity contribution in [3.63, 3.8) is 0 Å². The molecule has 1 fully saturated rings. The third kappa shape index (κ3) is 2.73. The summed E-state index contributed by atoms with van der Waals surface area (Å²) in [5, 5.41) is 0. The first kappa shape index (κ1) is 14.7. The molecule has 0 N–H and O–H groups in total. The quantitative estimate of drug-likeness (QED) is 0.858. The van der Waals surface area contributed by atoms with E-state index < -0.39 is 0 Å². The van der Waals surface area contributed by atoms with Crippen LogP contribution in [0.4, 0.5) is 0 Å². The SMILES string of the molecule is CCOc1ccc(C2CCCN2C(=O)c2occc2C)cc1. The topological polar surface area (TPSA) is 42.7 Å². The van der Waals surface area contributed by atoms with Gasteiger partial charge in [0.2, 0.25) is 0 Å². The number of hydrogen-bond donors (Lipinski definition) is 0. The minimum absolute atomic E-state index is 0.0149. The molecule has 0 bridgehead atoms. The Morgan fingerprint density at radius 1 is 1.32 bits per heavy atom. The maximum absolute atomic E-state index is 12.7. The van der Waals surface area contributed by atoms with E-state index in [0.717, 1.165) is 36.3 Å². The number of benzene rings is 1. The highest BCUT2D eigenvalue weighted by atomic mass is 16.5. The van der Waals surface area contributed by atoms with Gasteiger partial charge in [-0.2, -0.15) is 0 Å². The van der Waals surface area contributed by atoms with Crippen LogP contribution >= 0.6 is 0 Å². The summed E-state index contributed by atoms with van der Waals surface area (Å²) < 4.78 is 10.8. The van der Waals surface area contributed by atoms with E-state index in [2.05, 4.69) is 12.1 Å². The smallest absolute Gasteiger partial charge is 0.290 e. The van der Waals surface area contributed by atoms with Crippen LogP contribution in [0.1, 0.15) is 47.5 Å². The molecule has 4 nitrogen and oxygen atoms in total. The predicted octanol–water partition coefficient (Wildman–Crippen LogP) is 3.96. The largest absolute Gasteiger partial charge is 0.494 e. The molecule has 0 radical (unpaired) electrons. The van der Waals surface area contributed by atoms with Crippen molar-refractivity contribution in [2.45, 2.75) is 32.7 Å². The Morgan fingerprint density at radius 2 is 2.09 bits per heavy atom. The van der Waals surface area contributed by atoms with Crippen molar-refractivity contribution < 1.29 is 13.9 Å². The van der Waals surface area contributed by atoms with Gasteiger partial charge in [0.25, 0.3) is 5.91 Å². The van der Waals surface area contributed by atoms with Gasteiger partial charge in [-0.05, 0) is 50.5 Å². The Kier molecular flexibility index (Phi) is 4.18. The maximum atomic E-state index is 12.7. The predicted molar refractivity (Wildman–Crippen MR) is 84.1 cm³/mol. The Labute approximate surface area is 130 Å². The standard InChI is InChI=1S/C18H21NO3/c1-3-21-15-8-6-14(7-9-15)16-5-4-11-19(16)18(20)17-13(2)10-12-22-17/h6-10,12,16H,3-5,11H2,1-2H3. The zero-order valence-electron chi connectivity index (χ0n) is 13.0. The van der Waals surface area contributed by atoms with Crippen LogP contribution in [0.2, 0.25) is 0 Å². The Hall–Kier alpha value is -2.23. The summed E-state index contributed by atoms with van der Waals surface area (Å²) in [5.41, 5.74) is 2.04. The van der Waals surface area contributed by atoms with E-state index in [1.54, 1.807) is 6.26 Å². The molecule has 0 saturated carbocycles. The molecule has 2 aromatic rings. The third-order valence-electron chi connectivity index (χ3n) is 4.15. The van der Waals surface area contributed by atoms with Crippen LogP contribution in [0.3, 0.4) is 0 Å². The molecular weight excluding hydrogens is 278 g/mol. The van der Waals surface area contributed by atoms with Crippen LogP contribution in [0.25, 0.3) is 0 Å². The number of ether oxygens (including phenoxy) is 1. The monoisotopic (exact) mass is 299 g/mol. The lowest BCUT2D eigenvalue weighted by Crippen LogP contribution is -2.30. The molecular formula is C18H21NO3. The van der Waals surface area contributed by atoms with E-state index in [4.69, 9.17) is 9.15 Å². The highest BCUT2D eigenvalue weighted by Gasteiger charge is 2.32. The van der Waals surface area contributed by atoms with Gasteiger partial charge in [-0.1, -0.05) is 12.1 Å². The molecule has 4 heteroatoms. The van der Waals surface area contributed by atoms with Crippen LogP contribution in [0.15, 0.2) is 41.0 Å². The van der Waals surface area contributed by atoms with E-state index in [9.17, 15) is 4.79 Å². The summed E-state index contributed by atoms with van der Waals surface area (Å²) in [6.07, 6.45) is 3.58. The number of carbonyl (C=O) groups excluding carboxylic acids is 1. The number of aryl methyl sites for hydroxylation is 1. The Morgan fingerprint density at radius 3 is 2.73 bits per heavy atom. The lowest BCUT2D eigenvalue weighted by atomic mass is 10.0. The molecule has 1 saturated heterocycles. The van der Waals surface area contributed by atoms with Gasteiger partial charge >= 0.3 is 0 Å². The second-order valence-corrected chi connectivity index (χ2v) is 5.59. The molecule has 22 heavy (non-hydrogen) atoms. The van der Waals surface area contributed by atoms with Crippen LogP contribution in [0.5, 0.6) is 5.75 Å². The van der Waals surface area contributed by atoms with Crippen LogP contribution < -0.4 is 4.74 Å². The molecule has 1 aromatic heterocycles. The molecule has 0 aliphatic carbocycles. The Bertz CT molecular complexity index is 645. The average molecular weight is 299 g/mol. The molecule has 116 valence electrons. The number of carbonyl (C=O) groups is 1. The molecule has 2 heterocycles. The normalized spacial score (nSPS) is 17.7. The molecule has 1 atom stereocenters. The van der Waals surface area contributed by atoms with Crippen molar-refractivity contribution in [3.8, 4) is 5.75 Å². The molecule has 0 spiro atoms. The first-order valence-electron chi connectivity index (χ1n) is 7.78. The third-order valence-corrected chi connectivity index (χ3v) is 4.15. The van der Waals surface area contributed by atoms with Gasteiger partial charge in [0.15, 0.2) is 5.76 Å². The number of hydrogen-bond acceptors (Lipinski definition) is 3. The van der Waals surface area contributed by atoms with Crippen molar-refractivity contribution in [1.29, 1.82) is 0 Å². The van der Waals surface area contributed by atoms with E-state index >= 15 is 0 Å². The van der Waals surface area contributed by atoms with E-state index in [-0.39, 0.29) is 11.9 Å². The van der Waals surface area contributed by atoms with Gasteiger partial charge < -0.3 is 14.1 Å². The van der Waals surface area contributed by atoms with E-state index in [1.807, 2.05) is 36.9 Å². The van der Waals surface area contributed by atoms with E-state index in [0.29, 0.717) is 12.4 Å². The lowest BCUT2D eigenvalue weighted by Gasteiger charge is -2.24. The summed E-state index contributed by atoms with van der Waals surface area (Å²) in [4.78, 5) is 14.6. The van der Waals surface area contributed by atoms with Crippen molar-refractivity contribution in [2.75, 3.05) is 13.2 Å². The second-order valence-electron chi connectivity index (χ2n) is 5.59. The highest BCUT2D eigenvalue weighted by Crippen LogP contribution is 2.34. The second kappa shape index (κ2) is 6.26. The lowest BCUT2D eigenvalue weighted by molar-refractivity contribution is 0.0702. The van der Waals surface area contributed by atoms with Crippen molar-refractivity contribution in [3.05, 3.63) is 53.5 Å². The van der Waals surface area contributed by atoms with E-state index in [1.165, 1.54) is 0 Å². The van der Waals surface area contributed by atoms with Gasteiger partial charge in [-0.25, -0.2) is 0 Å². The Balaban J connectivity index is 1.81. The molecule has 1 amide bonds. The first-order chi connectivity index (χ1) is 10.7. The minimum Gasteiger partial charge on any atom is -0.494 e. The molecule has 1 aliphatic heterocycles. The van der Waals surface area contributed by atoms with Gasteiger partial charge in [0, 0.05) is 12.1 Å². The summed E-state index contributed by atoms with van der Waals surface area (Å²) in [5.74, 6) is 1.31. The number of rotatable bonds is 4.